The van der Waals surface area contributed by atoms with Gasteiger partial charge in [-0.15, -0.1) is 0 Å². The zero-order valence-corrected chi connectivity index (χ0v) is 15.8. The van der Waals surface area contributed by atoms with E-state index in [1.165, 1.54) is 0 Å². The van der Waals surface area contributed by atoms with Crippen LogP contribution in [0.1, 0.15) is 19.5 Å². The molecule has 0 atom stereocenters. The number of aromatic nitrogens is 2. The first-order valence-electron chi connectivity index (χ1n) is 6.55. The molecule has 2 aromatic rings. The summed E-state index contributed by atoms with van der Waals surface area (Å²) in [5.41, 5.74) is 1.48. The molecule has 0 aliphatic heterocycles. The largest absolute Gasteiger partial charge is 0.496 e. The third-order valence-electron chi connectivity index (χ3n) is 2.95. The average Bonchev–Trinajstić information content (AvgIpc) is 2.43. The lowest BCUT2D eigenvalue weighted by Gasteiger charge is -2.11. The number of hydrogen-bond acceptors (Lipinski definition) is 3. The summed E-state index contributed by atoms with van der Waals surface area (Å²) in [6.07, 6.45) is 0.769. The lowest BCUT2D eigenvalue weighted by Crippen LogP contribution is -2.17. The first-order chi connectivity index (χ1) is 9.92. The Kier molecular flexibility index (Phi) is 5.43. The summed E-state index contributed by atoms with van der Waals surface area (Å²) in [6.45, 7) is 4.22. The molecule has 1 aromatic heterocycles. The Morgan fingerprint density at radius 3 is 2.76 bits per heavy atom. The smallest absolute Gasteiger partial charge is 0.264 e. The molecule has 4 nitrogen and oxygen atoms in total. The number of aromatic amines is 1. The lowest BCUT2D eigenvalue weighted by atomic mass is 10.1. The molecule has 21 heavy (non-hydrogen) atoms. The third kappa shape index (κ3) is 3.85. The highest BCUT2D eigenvalue weighted by Crippen LogP contribution is 2.30. The van der Waals surface area contributed by atoms with Gasteiger partial charge in [0.25, 0.3) is 5.56 Å². The Morgan fingerprint density at radius 1 is 1.43 bits per heavy atom. The van der Waals surface area contributed by atoms with Gasteiger partial charge in [-0.3, -0.25) is 4.79 Å². The van der Waals surface area contributed by atoms with Crippen molar-refractivity contribution in [2.45, 2.75) is 20.3 Å². The van der Waals surface area contributed by atoms with E-state index in [1.807, 2.05) is 18.2 Å². The molecule has 6 heteroatoms. The van der Waals surface area contributed by atoms with Gasteiger partial charge in [-0.25, -0.2) is 4.98 Å². The van der Waals surface area contributed by atoms with Crippen molar-refractivity contribution in [3.63, 3.8) is 0 Å². The van der Waals surface area contributed by atoms with Crippen LogP contribution in [0.4, 0.5) is 0 Å². The van der Waals surface area contributed by atoms with Gasteiger partial charge in [0.15, 0.2) is 0 Å². The van der Waals surface area contributed by atoms with Gasteiger partial charge in [-0.05, 0) is 53.1 Å². The van der Waals surface area contributed by atoms with Crippen LogP contribution in [0, 0.1) is 9.49 Å². The van der Waals surface area contributed by atoms with Crippen LogP contribution in [0.2, 0.25) is 0 Å². The molecule has 112 valence electrons. The molecule has 0 fully saturated rings. The van der Waals surface area contributed by atoms with E-state index in [1.54, 1.807) is 7.11 Å². The Morgan fingerprint density at radius 2 is 2.14 bits per heavy atom. The fourth-order valence-corrected chi connectivity index (χ4v) is 2.86. The number of rotatable bonds is 4. The number of nitrogens with one attached hydrogen (secondary N) is 1. The molecule has 0 aliphatic rings. The van der Waals surface area contributed by atoms with E-state index in [-0.39, 0.29) is 5.56 Å². The van der Waals surface area contributed by atoms with Gasteiger partial charge >= 0.3 is 0 Å². The quantitative estimate of drug-likeness (QED) is 0.698. The number of hydrogen-bond donors (Lipinski definition) is 1. The number of benzene rings is 1. The molecule has 1 aromatic carbocycles. The van der Waals surface area contributed by atoms with E-state index in [0.29, 0.717) is 21.1 Å². The van der Waals surface area contributed by atoms with Crippen LogP contribution in [0.25, 0.3) is 11.4 Å². The summed E-state index contributed by atoms with van der Waals surface area (Å²) >= 11 is 5.49. The van der Waals surface area contributed by atoms with Gasteiger partial charge in [0.2, 0.25) is 0 Å². The molecular formula is C15H16BrIN2O2. The highest BCUT2D eigenvalue weighted by molar-refractivity contribution is 14.1. The zero-order chi connectivity index (χ0) is 15.6. The average molecular weight is 463 g/mol. The molecule has 1 heterocycles. The van der Waals surface area contributed by atoms with E-state index in [0.717, 1.165) is 22.2 Å². The van der Waals surface area contributed by atoms with E-state index in [4.69, 9.17) is 4.74 Å². The number of H-pyrrole nitrogens is 1. The van der Waals surface area contributed by atoms with Crippen LogP contribution in [0.3, 0.4) is 0 Å². The number of ether oxygens (including phenoxy) is 1. The van der Waals surface area contributed by atoms with Crippen molar-refractivity contribution in [3.8, 4) is 17.1 Å². The standard InChI is InChI=1S/C15H16BrIN2O2/c1-8(2)6-11-13(17)15(20)19-14(18-11)10-7-9(16)4-5-12(10)21-3/h4-5,7-8H,6H2,1-3H3,(H,18,19,20). The Labute approximate surface area is 145 Å². The van der Waals surface area contributed by atoms with Crippen LogP contribution in [-0.4, -0.2) is 17.1 Å². The van der Waals surface area contributed by atoms with Crippen LogP contribution in [0.15, 0.2) is 27.5 Å². The molecule has 0 saturated heterocycles. The monoisotopic (exact) mass is 462 g/mol. The van der Waals surface area contributed by atoms with E-state index in [9.17, 15) is 4.79 Å². The summed E-state index contributed by atoms with van der Waals surface area (Å²) in [5.74, 6) is 1.65. The summed E-state index contributed by atoms with van der Waals surface area (Å²) in [5, 5.41) is 0. The lowest BCUT2D eigenvalue weighted by molar-refractivity contribution is 0.416. The molecule has 0 saturated carbocycles. The van der Waals surface area contributed by atoms with Gasteiger partial charge in [-0.1, -0.05) is 29.8 Å². The van der Waals surface area contributed by atoms with E-state index in [2.05, 4.69) is 62.3 Å². The highest BCUT2D eigenvalue weighted by Gasteiger charge is 2.14. The first-order valence-corrected chi connectivity index (χ1v) is 8.42. The SMILES string of the molecule is COc1ccc(Br)cc1-c1nc(CC(C)C)c(I)c(=O)[nH]1. The zero-order valence-electron chi connectivity index (χ0n) is 12.0. The van der Waals surface area contributed by atoms with Crippen LogP contribution < -0.4 is 10.3 Å². The first kappa shape index (κ1) is 16.5. The van der Waals surface area contributed by atoms with Crippen molar-refractivity contribution in [2.75, 3.05) is 7.11 Å². The van der Waals surface area contributed by atoms with Crippen LogP contribution in [0.5, 0.6) is 5.75 Å². The number of halogens is 2. The normalized spacial score (nSPS) is 11.0. The molecule has 0 aliphatic carbocycles. The second kappa shape index (κ2) is 6.91. The Bertz CT molecular complexity index is 713. The fourth-order valence-electron chi connectivity index (χ4n) is 2.02. The summed E-state index contributed by atoms with van der Waals surface area (Å²) in [7, 11) is 1.60. The van der Waals surface area contributed by atoms with Gasteiger partial charge in [0.1, 0.15) is 11.6 Å². The van der Waals surface area contributed by atoms with Crippen molar-refractivity contribution >= 4 is 38.5 Å². The maximum absolute atomic E-state index is 12.1. The maximum atomic E-state index is 12.1. The van der Waals surface area contributed by atoms with Crippen molar-refractivity contribution in [2.24, 2.45) is 5.92 Å². The van der Waals surface area contributed by atoms with Gasteiger partial charge in [0, 0.05) is 4.47 Å². The molecule has 0 amide bonds. The molecule has 0 bridgehead atoms. The number of nitrogens with zero attached hydrogens (tertiary/aromatic N) is 1. The Hall–Kier alpha value is -0.890. The van der Waals surface area contributed by atoms with Gasteiger partial charge < -0.3 is 9.72 Å². The van der Waals surface area contributed by atoms with E-state index >= 15 is 0 Å². The van der Waals surface area contributed by atoms with E-state index < -0.39 is 0 Å². The summed E-state index contributed by atoms with van der Waals surface area (Å²) < 4.78 is 6.92. The van der Waals surface area contributed by atoms with Gasteiger partial charge in [-0.2, -0.15) is 0 Å². The topological polar surface area (TPSA) is 55.0 Å². The van der Waals surface area contributed by atoms with Crippen molar-refractivity contribution in [1.29, 1.82) is 0 Å². The predicted octanol–water partition coefficient (Wildman–Crippen LogP) is 4.01. The van der Waals surface area contributed by atoms with Crippen molar-refractivity contribution in [3.05, 3.63) is 42.3 Å². The molecule has 1 N–H and O–H groups in total. The second-order valence-corrected chi connectivity index (χ2v) is 7.11. The minimum Gasteiger partial charge on any atom is -0.496 e. The minimum atomic E-state index is -0.113. The van der Waals surface area contributed by atoms with Crippen molar-refractivity contribution < 1.29 is 4.74 Å². The third-order valence-corrected chi connectivity index (χ3v) is 4.56. The van der Waals surface area contributed by atoms with Crippen LogP contribution >= 0.6 is 38.5 Å². The molecule has 0 spiro atoms. The Balaban J connectivity index is 2.62. The molecule has 0 unspecified atom stereocenters. The van der Waals surface area contributed by atoms with Crippen molar-refractivity contribution in [1.82, 2.24) is 9.97 Å². The van der Waals surface area contributed by atoms with Crippen LogP contribution in [-0.2, 0) is 6.42 Å². The number of methoxy groups -OCH3 is 1. The molecular weight excluding hydrogens is 447 g/mol. The van der Waals surface area contributed by atoms with Gasteiger partial charge in [0.05, 0.1) is 21.9 Å². The fraction of sp³-hybridized carbons (Fsp3) is 0.333. The maximum Gasteiger partial charge on any atom is 0.264 e. The predicted molar refractivity (Wildman–Crippen MR) is 95.8 cm³/mol. The molecule has 2 rings (SSSR count). The second-order valence-electron chi connectivity index (χ2n) is 5.12. The highest BCUT2D eigenvalue weighted by atomic mass is 127. The summed E-state index contributed by atoms with van der Waals surface area (Å²) in [6, 6.07) is 5.63. The summed E-state index contributed by atoms with van der Waals surface area (Å²) in [4.78, 5) is 19.6. The molecule has 0 radical (unpaired) electrons. The minimum absolute atomic E-state index is 0.113.